The number of halogens is 1. The molecule has 72 valence electrons. The van der Waals surface area contributed by atoms with Gasteiger partial charge in [0.2, 0.25) is 0 Å². The van der Waals surface area contributed by atoms with E-state index in [9.17, 15) is 4.57 Å². The van der Waals surface area contributed by atoms with Crippen LogP contribution in [0.15, 0.2) is 11.9 Å². The predicted octanol–water partition coefficient (Wildman–Crippen LogP) is 3.16. The molecule has 0 bridgehead atoms. The lowest BCUT2D eigenvalue weighted by atomic mass is 10.8. The van der Waals surface area contributed by atoms with Crippen LogP contribution in [0.4, 0.5) is 0 Å². The van der Waals surface area contributed by atoms with Gasteiger partial charge in [-0.15, -0.1) is 0 Å². The van der Waals surface area contributed by atoms with Gasteiger partial charge in [0, 0.05) is 11.1 Å². The van der Waals surface area contributed by atoms with Crippen molar-refractivity contribution in [2.24, 2.45) is 0 Å². The molecule has 0 heterocycles. The second-order valence-corrected chi connectivity index (χ2v) is 4.46. The van der Waals surface area contributed by atoms with E-state index in [2.05, 4.69) is 15.9 Å². The van der Waals surface area contributed by atoms with Gasteiger partial charge in [0.1, 0.15) is 0 Å². The lowest BCUT2D eigenvalue weighted by Gasteiger charge is -2.11. The third-order valence-electron chi connectivity index (χ3n) is 0.995. The number of alkyl halides is 1. The van der Waals surface area contributed by atoms with Crippen LogP contribution in [0.2, 0.25) is 0 Å². The highest BCUT2D eigenvalue weighted by Gasteiger charge is 2.17. The Labute approximate surface area is 81.8 Å². The van der Waals surface area contributed by atoms with Crippen LogP contribution in [0.25, 0.3) is 0 Å². The van der Waals surface area contributed by atoms with E-state index >= 15 is 0 Å². The zero-order valence-electron chi connectivity index (χ0n) is 7.33. The molecule has 0 atom stereocenters. The third kappa shape index (κ3) is 5.09. The Morgan fingerprint density at radius 2 is 1.83 bits per heavy atom. The molecule has 0 aliphatic carbocycles. The lowest BCUT2D eigenvalue weighted by Crippen LogP contribution is -1.92. The standard InChI is InChI=1S/C7H14BrO3P/c1-3-10-12(9,11-4-2)7-5-6-8/h5,7H,3-4,6H2,1-2H3. The number of hydrogen-bond donors (Lipinski definition) is 0. The van der Waals surface area contributed by atoms with E-state index in [-0.39, 0.29) is 0 Å². The summed E-state index contributed by atoms with van der Waals surface area (Å²) in [5, 5.41) is 0.650. The highest BCUT2D eigenvalue weighted by molar-refractivity contribution is 9.09. The smallest absolute Gasteiger partial charge is 0.306 e. The Morgan fingerprint density at radius 1 is 1.33 bits per heavy atom. The van der Waals surface area contributed by atoms with Crippen LogP contribution in [-0.2, 0) is 13.6 Å². The molecule has 0 rings (SSSR count). The molecule has 3 nitrogen and oxygen atoms in total. The van der Waals surface area contributed by atoms with Crippen LogP contribution in [-0.4, -0.2) is 18.5 Å². The van der Waals surface area contributed by atoms with Gasteiger partial charge in [-0.2, -0.15) is 0 Å². The van der Waals surface area contributed by atoms with Crippen molar-refractivity contribution < 1.29 is 13.6 Å². The average Bonchev–Trinajstić information content (AvgIpc) is 2.02. The normalized spacial score (nSPS) is 12.6. The Bertz CT molecular complexity index is 171. The summed E-state index contributed by atoms with van der Waals surface area (Å²) >= 11 is 3.19. The molecular formula is C7H14BrO3P. The highest BCUT2D eigenvalue weighted by atomic mass is 79.9. The van der Waals surface area contributed by atoms with Crippen molar-refractivity contribution in [3.05, 3.63) is 11.9 Å². The first-order valence-corrected chi connectivity index (χ1v) is 6.54. The van der Waals surface area contributed by atoms with Gasteiger partial charge in [0.05, 0.1) is 13.2 Å². The second kappa shape index (κ2) is 6.84. The summed E-state index contributed by atoms with van der Waals surface area (Å²) in [5.74, 6) is 1.48. The summed E-state index contributed by atoms with van der Waals surface area (Å²) in [6.07, 6.45) is 1.71. The van der Waals surface area contributed by atoms with Gasteiger partial charge < -0.3 is 9.05 Å². The van der Waals surface area contributed by atoms with Crippen molar-refractivity contribution in [1.82, 2.24) is 0 Å². The molecule has 0 saturated carbocycles. The van der Waals surface area contributed by atoms with E-state index in [4.69, 9.17) is 9.05 Å². The molecule has 12 heavy (non-hydrogen) atoms. The van der Waals surface area contributed by atoms with Crippen molar-refractivity contribution in [1.29, 1.82) is 0 Å². The van der Waals surface area contributed by atoms with Crippen molar-refractivity contribution in [2.45, 2.75) is 13.8 Å². The van der Waals surface area contributed by atoms with E-state index in [1.807, 2.05) is 0 Å². The van der Waals surface area contributed by atoms with E-state index in [0.717, 1.165) is 0 Å². The monoisotopic (exact) mass is 256 g/mol. The SMILES string of the molecule is CCOP(=O)(C=CCBr)OCC. The molecule has 0 aliphatic rings. The fraction of sp³-hybridized carbons (Fsp3) is 0.714. The quantitative estimate of drug-likeness (QED) is 0.541. The molecule has 0 fully saturated rings. The van der Waals surface area contributed by atoms with Crippen LogP contribution >= 0.6 is 23.5 Å². The Hall–Kier alpha value is 0.370. The van der Waals surface area contributed by atoms with Crippen LogP contribution in [0.3, 0.4) is 0 Å². The summed E-state index contributed by atoms with van der Waals surface area (Å²) < 4.78 is 21.6. The van der Waals surface area contributed by atoms with Gasteiger partial charge >= 0.3 is 7.60 Å². The van der Waals surface area contributed by atoms with Crippen molar-refractivity contribution in [3.63, 3.8) is 0 Å². The van der Waals surface area contributed by atoms with Crippen LogP contribution in [0.1, 0.15) is 13.8 Å². The molecular weight excluding hydrogens is 243 g/mol. The predicted molar refractivity (Wildman–Crippen MR) is 53.8 cm³/mol. The minimum Gasteiger partial charge on any atom is -0.306 e. The highest BCUT2D eigenvalue weighted by Crippen LogP contribution is 2.49. The zero-order valence-corrected chi connectivity index (χ0v) is 9.81. The van der Waals surface area contributed by atoms with Gasteiger partial charge in [-0.3, -0.25) is 4.57 Å². The fourth-order valence-electron chi connectivity index (χ4n) is 0.652. The maximum absolute atomic E-state index is 11.6. The van der Waals surface area contributed by atoms with Gasteiger partial charge in [0.15, 0.2) is 0 Å². The molecule has 0 aliphatic heterocycles. The van der Waals surface area contributed by atoms with E-state index < -0.39 is 7.60 Å². The summed E-state index contributed by atoms with van der Waals surface area (Å²) in [6.45, 7) is 4.36. The molecule has 0 aromatic carbocycles. The topological polar surface area (TPSA) is 35.5 Å². The minimum atomic E-state index is -2.95. The molecule has 0 saturated heterocycles. The second-order valence-electron chi connectivity index (χ2n) is 1.91. The molecule has 0 aromatic heterocycles. The molecule has 0 spiro atoms. The van der Waals surface area contributed by atoms with E-state index in [1.165, 1.54) is 5.82 Å². The molecule has 0 aromatic rings. The van der Waals surface area contributed by atoms with E-state index in [1.54, 1.807) is 19.9 Å². The van der Waals surface area contributed by atoms with Crippen molar-refractivity contribution in [2.75, 3.05) is 18.5 Å². The summed E-state index contributed by atoms with van der Waals surface area (Å²) in [6, 6.07) is 0. The number of hydrogen-bond acceptors (Lipinski definition) is 3. The number of rotatable bonds is 6. The molecule has 0 radical (unpaired) electrons. The zero-order chi connectivity index (χ0) is 9.45. The first kappa shape index (κ1) is 12.4. The summed E-state index contributed by atoms with van der Waals surface area (Å²) in [4.78, 5) is 0. The Kier molecular flexibility index (Phi) is 7.05. The Balaban J connectivity index is 4.18. The Morgan fingerprint density at radius 3 is 2.17 bits per heavy atom. The summed E-state index contributed by atoms with van der Waals surface area (Å²) in [5.41, 5.74) is 0. The fourth-order valence-corrected chi connectivity index (χ4v) is 2.46. The van der Waals surface area contributed by atoms with Gasteiger partial charge in [-0.1, -0.05) is 22.0 Å². The largest absolute Gasteiger partial charge is 0.353 e. The van der Waals surface area contributed by atoms with Gasteiger partial charge in [-0.25, -0.2) is 0 Å². The van der Waals surface area contributed by atoms with Crippen LogP contribution in [0, 0.1) is 0 Å². The molecule has 0 N–H and O–H groups in total. The third-order valence-corrected chi connectivity index (χ3v) is 3.18. The average molecular weight is 257 g/mol. The first-order valence-electron chi connectivity index (χ1n) is 3.81. The molecule has 5 heteroatoms. The lowest BCUT2D eigenvalue weighted by molar-refractivity contribution is 0.229. The van der Waals surface area contributed by atoms with E-state index in [0.29, 0.717) is 18.5 Å². The molecule has 0 amide bonds. The maximum atomic E-state index is 11.6. The number of allylic oxidation sites excluding steroid dienone is 1. The van der Waals surface area contributed by atoms with Crippen molar-refractivity contribution >= 4 is 23.5 Å². The van der Waals surface area contributed by atoms with Crippen LogP contribution < -0.4 is 0 Å². The maximum Gasteiger partial charge on any atom is 0.353 e. The summed E-state index contributed by atoms with van der Waals surface area (Å²) in [7, 11) is -2.95. The van der Waals surface area contributed by atoms with Crippen LogP contribution in [0.5, 0.6) is 0 Å². The molecule has 0 unspecified atom stereocenters. The van der Waals surface area contributed by atoms with Crippen molar-refractivity contribution in [3.8, 4) is 0 Å². The minimum absolute atomic E-state index is 0.393. The van der Waals surface area contributed by atoms with Gasteiger partial charge in [0.25, 0.3) is 0 Å². The van der Waals surface area contributed by atoms with Gasteiger partial charge in [-0.05, 0) is 13.8 Å². The first-order chi connectivity index (χ1) is 5.68.